The molecule has 1 aromatic rings. The monoisotopic (exact) mass is 289 g/mol. The van der Waals surface area contributed by atoms with Gasteiger partial charge in [0.2, 0.25) is 0 Å². The summed E-state index contributed by atoms with van der Waals surface area (Å²) >= 11 is 0. The summed E-state index contributed by atoms with van der Waals surface area (Å²) in [7, 11) is -4.01. The summed E-state index contributed by atoms with van der Waals surface area (Å²) in [5.74, 6) is 0. The maximum absolute atomic E-state index is 13.3. The van der Waals surface area contributed by atoms with Gasteiger partial charge in [0.05, 0.1) is 4.90 Å². The van der Waals surface area contributed by atoms with Crippen molar-refractivity contribution in [1.82, 2.24) is 4.53 Å². The quantitative estimate of drug-likeness (QED) is 0.791. The Balaban J connectivity index is 0.00000154. The highest BCUT2D eigenvalue weighted by atomic mass is 32.2. The molecule has 1 rings (SSSR count). The minimum atomic E-state index is -4.01. The van der Waals surface area contributed by atoms with Crippen LogP contribution >= 0.6 is 0 Å². The molecule has 19 heavy (non-hydrogen) atoms. The minimum absolute atomic E-state index is 0.00530. The molecule has 0 fully saturated rings. The average Bonchev–Trinajstić information content (AvgIpc) is 2.39. The third-order valence-electron chi connectivity index (χ3n) is 2.51. The molecule has 0 amide bonds. The molecule has 0 aromatic heterocycles. The lowest BCUT2D eigenvalue weighted by Gasteiger charge is -2.20. The normalized spacial score (nSPS) is 12.0. The zero-order chi connectivity index (χ0) is 15.3. The molecule has 110 valence electrons. The first-order valence-corrected chi connectivity index (χ1v) is 7.92. The highest BCUT2D eigenvalue weighted by Crippen LogP contribution is 2.25. The molecule has 0 saturated carbocycles. The van der Waals surface area contributed by atoms with Crippen LogP contribution in [0.15, 0.2) is 29.2 Å². The second kappa shape index (κ2) is 7.01. The Labute approximate surface area is 116 Å². The van der Waals surface area contributed by atoms with Gasteiger partial charge in [-0.2, -0.15) is 0 Å². The van der Waals surface area contributed by atoms with Crippen molar-refractivity contribution in [2.75, 3.05) is 6.54 Å². The zero-order valence-corrected chi connectivity index (χ0v) is 13.4. The number of halogens is 1. The van der Waals surface area contributed by atoms with Crippen molar-refractivity contribution in [2.24, 2.45) is 0 Å². The van der Waals surface area contributed by atoms with Gasteiger partial charge in [-0.15, -0.1) is 4.48 Å². The van der Waals surface area contributed by atoms with Crippen LogP contribution in [0.4, 0.5) is 4.48 Å². The van der Waals surface area contributed by atoms with Crippen molar-refractivity contribution >= 4 is 10.0 Å². The first kappa shape index (κ1) is 18.1. The van der Waals surface area contributed by atoms with E-state index in [1.807, 2.05) is 40.7 Å². The molecule has 0 unspecified atom stereocenters. The topological polar surface area (TPSA) is 37.4 Å². The van der Waals surface area contributed by atoms with Crippen molar-refractivity contribution in [3.8, 4) is 0 Å². The highest BCUT2D eigenvalue weighted by Gasteiger charge is 2.24. The van der Waals surface area contributed by atoms with Gasteiger partial charge in [0.25, 0.3) is 10.0 Å². The largest absolute Gasteiger partial charge is 0.269 e. The molecule has 0 spiro atoms. The van der Waals surface area contributed by atoms with Crippen molar-refractivity contribution in [3.05, 3.63) is 29.8 Å². The summed E-state index contributed by atoms with van der Waals surface area (Å²) in [6.07, 6.45) is 0. The van der Waals surface area contributed by atoms with Gasteiger partial charge >= 0.3 is 0 Å². The lowest BCUT2D eigenvalue weighted by molar-refractivity contribution is 0.147. The van der Waals surface area contributed by atoms with Crippen LogP contribution in [-0.2, 0) is 15.4 Å². The van der Waals surface area contributed by atoms with Crippen LogP contribution in [0, 0.1) is 0 Å². The van der Waals surface area contributed by atoms with Crippen molar-refractivity contribution in [1.29, 1.82) is 0 Å². The zero-order valence-electron chi connectivity index (χ0n) is 12.6. The fourth-order valence-electron chi connectivity index (χ4n) is 1.41. The molecule has 0 bridgehead atoms. The predicted molar refractivity (Wildman–Crippen MR) is 77.2 cm³/mol. The molecule has 0 aliphatic heterocycles. The van der Waals surface area contributed by atoms with E-state index in [1.54, 1.807) is 6.07 Å². The molecular weight excluding hydrogens is 265 g/mol. The SMILES string of the molecule is CC.CCN(F)S(=O)(=O)c1cccc(C(C)(C)C)c1. The summed E-state index contributed by atoms with van der Waals surface area (Å²) in [4.78, 5) is -0.00530. The Bertz CT molecular complexity index is 492. The highest BCUT2D eigenvalue weighted by molar-refractivity contribution is 7.89. The van der Waals surface area contributed by atoms with Gasteiger partial charge in [-0.1, -0.05) is 46.8 Å². The summed E-state index contributed by atoms with van der Waals surface area (Å²) in [5, 5.41) is 0. The number of hydrogen-bond acceptors (Lipinski definition) is 2. The second-order valence-corrected chi connectivity index (χ2v) is 6.70. The van der Waals surface area contributed by atoms with Gasteiger partial charge in [0.1, 0.15) is 0 Å². The number of nitrogens with zero attached hydrogens (tertiary/aromatic N) is 1. The van der Waals surface area contributed by atoms with Crippen LogP contribution in [0.25, 0.3) is 0 Å². The van der Waals surface area contributed by atoms with Crippen LogP contribution in [0.2, 0.25) is 0 Å². The molecule has 3 nitrogen and oxygen atoms in total. The van der Waals surface area contributed by atoms with Gasteiger partial charge in [-0.05, 0) is 34.6 Å². The maximum atomic E-state index is 13.3. The maximum Gasteiger partial charge on any atom is 0.269 e. The third kappa shape index (κ3) is 4.58. The Morgan fingerprint density at radius 2 is 1.74 bits per heavy atom. The van der Waals surface area contributed by atoms with Gasteiger partial charge in [0.15, 0.2) is 0 Å². The number of benzene rings is 1. The van der Waals surface area contributed by atoms with E-state index in [2.05, 4.69) is 0 Å². The molecule has 0 heterocycles. The number of sulfonamides is 1. The Kier molecular flexibility index (Phi) is 6.66. The molecule has 0 radical (unpaired) electrons. The van der Waals surface area contributed by atoms with E-state index < -0.39 is 10.0 Å². The molecule has 0 saturated heterocycles. The molecule has 0 N–H and O–H groups in total. The molecule has 0 atom stereocenters. The number of hydrogen-bond donors (Lipinski definition) is 0. The molecule has 0 aliphatic rings. The molecular formula is C14H24FNO2S. The summed E-state index contributed by atoms with van der Waals surface area (Å²) in [6.45, 7) is 11.2. The van der Waals surface area contributed by atoms with E-state index in [0.29, 0.717) is 0 Å². The van der Waals surface area contributed by atoms with Crippen molar-refractivity contribution in [2.45, 2.75) is 51.9 Å². The first-order chi connectivity index (χ1) is 8.69. The standard InChI is InChI=1S/C12H18FNO2S.C2H6/c1-5-14(13)17(15,16)11-8-6-7-10(9-11)12(2,3)4;1-2/h6-9H,5H2,1-4H3;1-2H3. The molecule has 5 heteroatoms. The summed E-state index contributed by atoms with van der Waals surface area (Å²) < 4.78 is 36.7. The van der Waals surface area contributed by atoms with Gasteiger partial charge < -0.3 is 0 Å². The second-order valence-electron chi connectivity index (χ2n) is 4.89. The van der Waals surface area contributed by atoms with Gasteiger partial charge in [-0.25, -0.2) is 8.42 Å². The van der Waals surface area contributed by atoms with E-state index in [9.17, 15) is 12.9 Å². The fraction of sp³-hybridized carbons (Fsp3) is 0.571. The summed E-state index contributed by atoms with van der Waals surface area (Å²) in [5.41, 5.74) is 0.696. The summed E-state index contributed by atoms with van der Waals surface area (Å²) in [6, 6.07) is 6.41. The molecule has 1 aromatic carbocycles. The van der Waals surface area contributed by atoms with E-state index in [4.69, 9.17) is 0 Å². The van der Waals surface area contributed by atoms with Crippen LogP contribution in [0.3, 0.4) is 0 Å². The Morgan fingerprint density at radius 1 is 1.21 bits per heavy atom. The fourth-order valence-corrected chi connectivity index (χ4v) is 2.50. The smallest absolute Gasteiger partial charge is 0.205 e. The molecule has 0 aliphatic carbocycles. The average molecular weight is 289 g/mol. The Morgan fingerprint density at radius 3 is 2.16 bits per heavy atom. The van der Waals surface area contributed by atoms with E-state index in [0.717, 1.165) is 5.56 Å². The van der Waals surface area contributed by atoms with Crippen LogP contribution in [0.5, 0.6) is 0 Å². The van der Waals surface area contributed by atoms with Crippen molar-refractivity contribution < 1.29 is 12.9 Å². The minimum Gasteiger partial charge on any atom is -0.205 e. The lowest BCUT2D eigenvalue weighted by atomic mass is 9.87. The lowest BCUT2D eigenvalue weighted by Crippen LogP contribution is -2.23. The van der Waals surface area contributed by atoms with Crippen LogP contribution < -0.4 is 0 Å². The number of rotatable bonds is 3. The van der Waals surface area contributed by atoms with E-state index in [-0.39, 0.29) is 21.4 Å². The first-order valence-electron chi connectivity index (χ1n) is 6.48. The van der Waals surface area contributed by atoms with Crippen LogP contribution in [-0.4, -0.2) is 19.5 Å². The van der Waals surface area contributed by atoms with Gasteiger partial charge in [0, 0.05) is 6.54 Å². The Hall–Kier alpha value is -0.940. The van der Waals surface area contributed by atoms with Crippen LogP contribution in [0.1, 0.15) is 47.1 Å². The van der Waals surface area contributed by atoms with E-state index in [1.165, 1.54) is 19.1 Å². The van der Waals surface area contributed by atoms with Crippen molar-refractivity contribution in [3.63, 3.8) is 0 Å². The third-order valence-corrected chi connectivity index (χ3v) is 4.14. The van der Waals surface area contributed by atoms with E-state index >= 15 is 0 Å². The predicted octanol–water partition coefficient (Wildman–Crippen LogP) is 3.91. The van der Waals surface area contributed by atoms with Gasteiger partial charge in [-0.3, -0.25) is 0 Å².